The molecular formula is C9H15N3O. The van der Waals surface area contributed by atoms with Crippen molar-refractivity contribution in [2.45, 2.75) is 44.6 Å². The first-order valence-corrected chi connectivity index (χ1v) is 4.81. The minimum atomic E-state index is 0.311. The van der Waals surface area contributed by atoms with Crippen LogP contribution in [0.3, 0.4) is 0 Å². The fraction of sp³-hybridized carbons (Fsp3) is 0.778. The van der Waals surface area contributed by atoms with Gasteiger partial charge in [0.25, 0.3) is 0 Å². The van der Waals surface area contributed by atoms with Crippen molar-refractivity contribution >= 4 is 0 Å². The third-order valence-electron chi connectivity index (χ3n) is 2.61. The molecule has 0 aromatic carbocycles. The van der Waals surface area contributed by atoms with Gasteiger partial charge >= 0.3 is 0 Å². The Labute approximate surface area is 77.5 Å². The van der Waals surface area contributed by atoms with Gasteiger partial charge in [-0.2, -0.15) is 4.98 Å². The van der Waals surface area contributed by atoms with Crippen molar-refractivity contribution in [3.63, 3.8) is 0 Å². The summed E-state index contributed by atoms with van der Waals surface area (Å²) >= 11 is 0. The Bertz CT molecular complexity index is 284. The number of hydrogen-bond acceptors (Lipinski definition) is 4. The van der Waals surface area contributed by atoms with Gasteiger partial charge in [0.15, 0.2) is 5.82 Å². The summed E-state index contributed by atoms with van der Waals surface area (Å²) in [5.74, 6) is 1.88. The predicted octanol–water partition coefficient (Wildman–Crippen LogP) is 1.36. The highest BCUT2D eigenvalue weighted by Crippen LogP contribution is 2.30. The normalized spacial score (nSPS) is 29.1. The maximum absolute atomic E-state index is 5.88. The SMILES string of the molecule is Cc1noc(C2CCCC(N)C2)n1. The van der Waals surface area contributed by atoms with Crippen molar-refractivity contribution < 1.29 is 4.52 Å². The number of rotatable bonds is 1. The number of nitrogens with two attached hydrogens (primary N) is 1. The van der Waals surface area contributed by atoms with Gasteiger partial charge in [-0.05, 0) is 26.2 Å². The van der Waals surface area contributed by atoms with E-state index in [4.69, 9.17) is 10.3 Å². The van der Waals surface area contributed by atoms with E-state index < -0.39 is 0 Å². The van der Waals surface area contributed by atoms with Crippen molar-refractivity contribution in [1.82, 2.24) is 10.1 Å². The van der Waals surface area contributed by atoms with Gasteiger partial charge in [-0.25, -0.2) is 0 Å². The molecule has 0 spiro atoms. The molecule has 1 saturated carbocycles. The summed E-state index contributed by atoms with van der Waals surface area (Å²) in [4.78, 5) is 4.24. The monoisotopic (exact) mass is 181 g/mol. The summed E-state index contributed by atoms with van der Waals surface area (Å²) in [6.45, 7) is 1.84. The molecule has 2 unspecified atom stereocenters. The topological polar surface area (TPSA) is 64.9 Å². The first-order chi connectivity index (χ1) is 6.25. The molecule has 0 radical (unpaired) electrons. The van der Waals surface area contributed by atoms with Crippen molar-refractivity contribution in [3.8, 4) is 0 Å². The molecule has 1 aromatic rings. The van der Waals surface area contributed by atoms with Crippen LogP contribution in [0.5, 0.6) is 0 Å². The lowest BCUT2D eigenvalue weighted by Crippen LogP contribution is -2.26. The number of aromatic nitrogens is 2. The second-order valence-corrected chi connectivity index (χ2v) is 3.80. The molecular weight excluding hydrogens is 166 g/mol. The minimum Gasteiger partial charge on any atom is -0.339 e. The molecule has 1 aliphatic carbocycles. The lowest BCUT2D eigenvalue weighted by atomic mass is 9.86. The van der Waals surface area contributed by atoms with Crippen LogP contribution in [-0.2, 0) is 0 Å². The summed E-state index contributed by atoms with van der Waals surface area (Å²) in [5.41, 5.74) is 5.88. The Balaban J connectivity index is 2.08. The summed E-state index contributed by atoms with van der Waals surface area (Å²) in [7, 11) is 0. The van der Waals surface area contributed by atoms with E-state index in [0.29, 0.717) is 17.8 Å². The van der Waals surface area contributed by atoms with Gasteiger partial charge < -0.3 is 10.3 Å². The van der Waals surface area contributed by atoms with Crippen LogP contribution in [-0.4, -0.2) is 16.2 Å². The predicted molar refractivity (Wildman–Crippen MR) is 48.2 cm³/mol. The third-order valence-corrected chi connectivity index (χ3v) is 2.61. The minimum absolute atomic E-state index is 0.311. The van der Waals surface area contributed by atoms with Crippen LogP contribution in [0.2, 0.25) is 0 Å². The van der Waals surface area contributed by atoms with Crippen LogP contribution in [0, 0.1) is 6.92 Å². The Hall–Kier alpha value is -0.900. The van der Waals surface area contributed by atoms with Gasteiger partial charge in [-0.1, -0.05) is 11.6 Å². The molecule has 2 N–H and O–H groups in total. The van der Waals surface area contributed by atoms with Crippen LogP contribution < -0.4 is 5.73 Å². The summed E-state index contributed by atoms with van der Waals surface area (Å²) in [6.07, 6.45) is 4.42. The summed E-state index contributed by atoms with van der Waals surface area (Å²) in [5, 5.41) is 3.79. The van der Waals surface area contributed by atoms with Crippen LogP contribution in [0.1, 0.15) is 43.3 Å². The molecule has 0 saturated heterocycles. The standard InChI is InChI=1S/C9H15N3O/c1-6-11-9(13-12-6)7-3-2-4-8(10)5-7/h7-8H,2-5,10H2,1H3. The fourth-order valence-electron chi connectivity index (χ4n) is 1.93. The van der Waals surface area contributed by atoms with E-state index in [9.17, 15) is 0 Å². The lowest BCUT2D eigenvalue weighted by molar-refractivity contribution is 0.298. The zero-order valence-corrected chi connectivity index (χ0v) is 7.86. The second kappa shape index (κ2) is 3.46. The molecule has 4 nitrogen and oxygen atoms in total. The number of aryl methyl sites for hydroxylation is 1. The van der Waals surface area contributed by atoms with Crippen LogP contribution >= 0.6 is 0 Å². The first kappa shape index (κ1) is 8.69. The van der Waals surface area contributed by atoms with Crippen LogP contribution in [0.15, 0.2) is 4.52 Å². The molecule has 0 amide bonds. The Morgan fingerprint density at radius 2 is 2.31 bits per heavy atom. The van der Waals surface area contributed by atoms with Crippen LogP contribution in [0.25, 0.3) is 0 Å². The van der Waals surface area contributed by atoms with Gasteiger partial charge in [0.2, 0.25) is 5.89 Å². The second-order valence-electron chi connectivity index (χ2n) is 3.80. The molecule has 2 atom stereocenters. The zero-order valence-electron chi connectivity index (χ0n) is 7.86. The molecule has 0 bridgehead atoms. The highest BCUT2D eigenvalue weighted by molar-refractivity contribution is 4.96. The Kier molecular flexibility index (Phi) is 2.31. The zero-order chi connectivity index (χ0) is 9.26. The van der Waals surface area contributed by atoms with Gasteiger partial charge in [0.1, 0.15) is 0 Å². The molecule has 2 rings (SSSR count). The molecule has 1 heterocycles. The van der Waals surface area contributed by atoms with E-state index in [-0.39, 0.29) is 0 Å². The lowest BCUT2D eigenvalue weighted by Gasteiger charge is -2.23. The number of hydrogen-bond donors (Lipinski definition) is 1. The maximum atomic E-state index is 5.88. The summed E-state index contributed by atoms with van der Waals surface area (Å²) in [6, 6.07) is 0.311. The highest BCUT2D eigenvalue weighted by Gasteiger charge is 2.24. The van der Waals surface area contributed by atoms with E-state index in [0.717, 1.165) is 25.2 Å². The Morgan fingerprint density at radius 3 is 2.92 bits per heavy atom. The van der Waals surface area contributed by atoms with Crippen molar-refractivity contribution in [3.05, 3.63) is 11.7 Å². The largest absolute Gasteiger partial charge is 0.339 e. The number of nitrogens with zero attached hydrogens (tertiary/aromatic N) is 2. The first-order valence-electron chi connectivity index (χ1n) is 4.81. The molecule has 0 aliphatic heterocycles. The third kappa shape index (κ3) is 1.88. The van der Waals surface area contributed by atoms with E-state index >= 15 is 0 Å². The van der Waals surface area contributed by atoms with Crippen molar-refractivity contribution in [2.24, 2.45) is 5.73 Å². The Morgan fingerprint density at radius 1 is 1.46 bits per heavy atom. The fourth-order valence-corrected chi connectivity index (χ4v) is 1.93. The molecule has 1 aromatic heterocycles. The molecule has 72 valence electrons. The van der Waals surface area contributed by atoms with Gasteiger partial charge in [0.05, 0.1) is 0 Å². The maximum Gasteiger partial charge on any atom is 0.229 e. The molecule has 1 aliphatic rings. The van der Waals surface area contributed by atoms with Crippen molar-refractivity contribution in [1.29, 1.82) is 0 Å². The van der Waals surface area contributed by atoms with Crippen LogP contribution in [0.4, 0.5) is 0 Å². The van der Waals surface area contributed by atoms with Crippen molar-refractivity contribution in [2.75, 3.05) is 0 Å². The van der Waals surface area contributed by atoms with E-state index in [1.54, 1.807) is 0 Å². The molecule has 1 fully saturated rings. The van der Waals surface area contributed by atoms with Gasteiger partial charge in [-0.15, -0.1) is 0 Å². The molecule has 13 heavy (non-hydrogen) atoms. The summed E-state index contributed by atoms with van der Waals surface area (Å²) < 4.78 is 5.14. The quantitative estimate of drug-likeness (QED) is 0.710. The van der Waals surface area contributed by atoms with E-state index in [2.05, 4.69) is 10.1 Å². The smallest absolute Gasteiger partial charge is 0.229 e. The highest BCUT2D eigenvalue weighted by atomic mass is 16.5. The van der Waals surface area contributed by atoms with Gasteiger partial charge in [-0.3, -0.25) is 0 Å². The van der Waals surface area contributed by atoms with E-state index in [1.165, 1.54) is 6.42 Å². The average molecular weight is 181 g/mol. The van der Waals surface area contributed by atoms with E-state index in [1.807, 2.05) is 6.92 Å². The van der Waals surface area contributed by atoms with Gasteiger partial charge in [0, 0.05) is 12.0 Å². The molecule has 4 heteroatoms. The average Bonchev–Trinajstić information content (AvgIpc) is 2.52.